The van der Waals surface area contributed by atoms with Crippen LogP contribution >= 0.6 is 0 Å². The van der Waals surface area contributed by atoms with E-state index in [4.69, 9.17) is 9.84 Å². The molecule has 0 bridgehead atoms. The highest BCUT2D eigenvalue weighted by Crippen LogP contribution is 2.14. The van der Waals surface area contributed by atoms with Crippen molar-refractivity contribution >= 4 is 11.9 Å². The number of benzene rings is 2. The lowest BCUT2D eigenvalue weighted by atomic mass is 10.1. The number of aromatic carboxylic acids is 1. The fraction of sp³-hybridized carbons (Fsp3) is 0.263. The van der Waals surface area contributed by atoms with Crippen molar-refractivity contribution in [3.05, 3.63) is 65.2 Å². The molecule has 5 heteroatoms. The van der Waals surface area contributed by atoms with Gasteiger partial charge in [0.05, 0.1) is 18.6 Å². The van der Waals surface area contributed by atoms with Crippen molar-refractivity contribution in [3.8, 4) is 5.75 Å². The summed E-state index contributed by atoms with van der Waals surface area (Å²) in [6.45, 7) is 3.07. The summed E-state index contributed by atoms with van der Waals surface area (Å²) in [5.74, 6) is -0.179. The van der Waals surface area contributed by atoms with Gasteiger partial charge in [0.2, 0.25) is 5.91 Å². The van der Waals surface area contributed by atoms with Crippen LogP contribution in [0.5, 0.6) is 5.75 Å². The molecule has 0 spiro atoms. The van der Waals surface area contributed by atoms with Gasteiger partial charge in [0.1, 0.15) is 5.75 Å². The number of carboxylic acids is 1. The average Bonchev–Trinajstić information content (AvgIpc) is 2.57. The number of nitrogens with zero attached hydrogens (tertiary/aromatic N) is 1. The molecule has 0 fully saturated rings. The van der Waals surface area contributed by atoms with Crippen molar-refractivity contribution < 1.29 is 19.4 Å². The van der Waals surface area contributed by atoms with Crippen LogP contribution in [0.2, 0.25) is 0 Å². The minimum Gasteiger partial charge on any atom is -0.494 e. The van der Waals surface area contributed by atoms with Crippen molar-refractivity contribution in [2.45, 2.75) is 19.9 Å². The lowest BCUT2D eigenvalue weighted by Crippen LogP contribution is -2.27. The highest BCUT2D eigenvalue weighted by atomic mass is 16.5. The van der Waals surface area contributed by atoms with E-state index < -0.39 is 5.97 Å². The van der Waals surface area contributed by atoms with E-state index in [0.717, 1.165) is 16.9 Å². The van der Waals surface area contributed by atoms with Crippen LogP contribution in [0.4, 0.5) is 0 Å². The van der Waals surface area contributed by atoms with E-state index in [1.54, 1.807) is 24.1 Å². The number of hydrogen-bond acceptors (Lipinski definition) is 3. The summed E-state index contributed by atoms with van der Waals surface area (Å²) in [7, 11) is 1.75. The fourth-order valence-electron chi connectivity index (χ4n) is 2.29. The summed E-state index contributed by atoms with van der Waals surface area (Å²) < 4.78 is 5.40. The molecule has 126 valence electrons. The average molecular weight is 327 g/mol. The predicted molar refractivity (Wildman–Crippen MR) is 91.2 cm³/mol. The molecule has 0 atom stereocenters. The molecule has 2 rings (SSSR count). The third-order valence-corrected chi connectivity index (χ3v) is 3.64. The topological polar surface area (TPSA) is 66.8 Å². The molecule has 24 heavy (non-hydrogen) atoms. The normalized spacial score (nSPS) is 10.2. The Balaban J connectivity index is 1.92. The van der Waals surface area contributed by atoms with Gasteiger partial charge in [-0.05, 0) is 42.3 Å². The van der Waals surface area contributed by atoms with E-state index in [9.17, 15) is 9.59 Å². The monoisotopic (exact) mass is 327 g/mol. The zero-order valence-electron chi connectivity index (χ0n) is 13.9. The first-order valence-electron chi connectivity index (χ1n) is 7.77. The zero-order chi connectivity index (χ0) is 17.5. The van der Waals surface area contributed by atoms with Crippen molar-refractivity contribution in [1.82, 2.24) is 4.90 Å². The Kier molecular flexibility index (Phi) is 5.95. The lowest BCUT2D eigenvalue weighted by Gasteiger charge is -2.17. The van der Waals surface area contributed by atoms with E-state index in [-0.39, 0.29) is 17.9 Å². The molecule has 0 aromatic heterocycles. The third kappa shape index (κ3) is 4.84. The maximum atomic E-state index is 12.3. The Bertz CT molecular complexity index is 692. The zero-order valence-corrected chi connectivity index (χ0v) is 13.9. The first kappa shape index (κ1) is 17.5. The van der Waals surface area contributed by atoms with Crippen LogP contribution in [0.15, 0.2) is 48.5 Å². The Hall–Kier alpha value is -2.82. The van der Waals surface area contributed by atoms with Gasteiger partial charge in [-0.25, -0.2) is 4.79 Å². The van der Waals surface area contributed by atoms with Crippen LogP contribution in [0.25, 0.3) is 0 Å². The number of carbonyl (C=O) groups excluding carboxylic acids is 1. The summed E-state index contributed by atoms with van der Waals surface area (Å²) >= 11 is 0. The summed E-state index contributed by atoms with van der Waals surface area (Å²) in [5.41, 5.74) is 2.04. The van der Waals surface area contributed by atoms with Gasteiger partial charge in [0.15, 0.2) is 0 Å². The molecular formula is C19H21NO4. The SMILES string of the molecule is CCOc1ccc(CN(C)C(=O)Cc2ccc(C(=O)O)cc2)cc1. The van der Waals surface area contributed by atoms with E-state index in [2.05, 4.69) is 0 Å². The summed E-state index contributed by atoms with van der Waals surface area (Å²) in [4.78, 5) is 24.8. The van der Waals surface area contributed by atoms with Crippen LogP contribution in [0.3, 0.4) is 0 Å². The van der Waals surface area contributed by atoms with Gasteiger partial charge in [-0.3, -0.25) is 4.79 Å². The quantitative estimate of drug-likeness (QED) is 0.849. The molecule has 1 amide bonds. The Morgan fingerprint density at radius 2 is 1.58 bits per heavy atom. The Morgan fingerprint density at radius 3 is 2.12 bits per heavy atom. The molecule has 0 unspecified atom stereocenters. The molecule has 1 N–H and O–H groups in total. The molecule has 2 aromatic rings. The smallest absolute Gasteiger partial charge is 0.335 e. The van der Waals surface area contributed by atoms with Crippen LogP contribution in [-0.2, 0) is 17.8 Å². The highest BCUT2D eigenvalue weighted by molar-refractivity contribution is 5.87. The fourth-order valence-corrected chi connectivity index (χ4v) is 2.29. The molecule has 0 aliphatic carbocycles. The second-order valence-electron chi connectivity index (χ2n) is 5.51. The van der Waals surface area contributed by atoms with Crippen molar-refractivity contribution in [3.63, 3.8) is 0 Å². The first-order valence-corrected chi connectivity index (χ1v) is 7.77. The number of rotatable bonds is 7. The predicted octanol–water partition coefficient (Wildman–Crippen LogP) is 2.98. The van der Waals surface area contributed by atoms with Gasteiger partial charge in [0.25, 0.3) is 0 Å². The summed E-state index contributed by atoms with van der Waals surface area (Å²) in [5, 5.41) is 8.88. The largest absolute Gasteiger partial charge is 0.494 e. The number of hydrogen-bond donors (Lipinski definition) is 1. The van der Waals surface area contributed by atoms with Crippen molar-refractivity contribution in [1.29, 1.82) is 0 Å². The minimum absolute atomic E-state index is 0.0213. The first-order chi connectivity index (χ1) is 11.5. The molecular weight excluding hydrogens is 306 g/mol. The molecule has 0 heterocycles. The van der Waals surface area contributed by atoms with Crippen molar-refractivity contribution in [2.75, 3.05) is 13.7 Å². The van der Waals surface area contributed by atoms with Gasteiger partial charge >= 0.3 is 5.97 Å². The molecule has 0 aliphatic heterocycles. The standard InChI is InChI=1S/C19H21NO4/c1-3-24-17-10-6-15(7-11-17)13-20(2)18(21)12-14-4-8-16(9-5-14)19(22)23/h4-11H,3,12-13H2,1-2H3,(H,22,23). The Morgan fingerprint density at radius 1 is 1.00 bits per heavy atom. The maximum absolute atomic E-state index is 12.3. The second kappa shape index (κ2) is 8.15. The molecule has 2 aromatic carbocycles. The van der Waals surface area contributed by atoms with E-state index in [0.29, 0.717) is 13.2 Å². The lowest BCUT2D eigenvalue weighted by molar-refractivity contribution is -0.129. The minimum atomic E-state index is -0.972. The summed E-state index contributed by atoms with van der Waals surface area (Å²) in [6, 6.07) is 14.0. The highest BCUT2D eigenvalue weighted by Gasteiger charge is 2.11. The second-order valence-corrected chi connectivity index (χ2v) is 5.51. The van der Waals surface area contributed by atoms with Crippen LogP contribution in [-0.4, -0.2) is 35.5 Å². The van der Waals surface area contributed by atoms with E-state index >= 15 is 0 Å². The molecule has 0 aliphatic rings. The number of ether oxygens (including phenoxy) is 1. The van der Waals surface area contributed by atoms with Gasteiger partial charge in [-0.2, -0.15) is 0 Å². The number of carbonyl (C=O) groups is 2. The summed E-state index contributed by atoms with van der Waals surface area (Å²) in [6.07, 6.45) is 0.243. The van der Waals surface area contributed by atoms with Gasteiger partial charge in [-0.15, -0.1) is 0 Å². The Labute approximate surface area is 141 Å². The van der Waals surface area contributed by atoms with Gasteiger partial charge < -0.3 is 14.7 Å². The third-order valence-electron chi connectivity index (χ3n) is 3.64. The van der Waals surface area contributed by atoms with Gasteiger partial charge in [0, 0.05) is 13.6 Å². The van der Waals surface area contributed by atoms with Crippen LogP contribution < -0.4 is 4.74 Å². The van der Waals surface area contributed by atoms with Gasteiger partial charge in [-0.1, -0.05) is 24.3 Å². The van der Waals surface area contributed by atoms with Crippen molar-refractivity contribution in [2.24, 2.45) is 0 Å². The number of likely N-dealkylation sites (N-methyl/N-ethyl adjacent to an activating group) is 1. The molecule has 0 radical (unpaired) electrons. The molecule has 5 nitrogen and oxygen atoms in total. The molecule has 0 saturated carbocycles. The molecule has 0 saturated heterocycles. The maximum Gasteiger partial charge on any atom is 0.335 e. The van der Waals surface area contributed by atoms with Crippen LogP contribution in [0.1, 0.15) is 28.4 Å². The number of carboxylic acid groups (broad SMARTS) is 1. The van der Waals surface area contributed by atoms with E-state index in [1.165, 1.54) is 12.1 Å². The van der Waals surface area contributed by atoms with E-state index in [1.807, 2.05) is 31.2 Å². The van der Waals surface area contributed by atoms with Crippen LogP contribution in [0, 0.1) is 0 Å². The number of amides is 1.